The fourth-order valence-corrected chi connectivity index (χ4v) is 1.23. The van der Waals surface area contributed by atoms with Crippen molar-refractivity contribution < 1.29 is 19.0 Å². The van der Waals surface area contributed by atoms with Crippen molar-refractivity contribution in [3.8, 4) is 11.5 Å². The fourth-order valence-electron chi connectivity index (χ4n) is 1.23. The molecule has 0 aliphatic rings. The number of hydrogen-bond donors (Lipinski definition) is 1. The minimum absolute atomic E-state index is 0.177. The Hall–Kier alpha value is -1.58. The molecule has 76 valence electrons. The molecule has 0 aromatic heterocycles. The second-order valence-corrected chi connectivity index (χ2v) is 2.81. The Morgan fingerprint density at radius 1 is 1.57 bits per heavy atom. The first-order valence-electron chi connectivity index (χ1n) is 4.18. The molecule has 0 saturated carbocycles. The summed E-state index contributed by atoms with van der Waals surface area (Å²) in [6, 6.07) is 2.18. The Bertz CT molecular complexity index is 336. The van der Waals surface area contributed by atoms with E-state index in [-0.39, 0.29) is 17.9 Å². The number of benzene rings is 1. The summed E-state index contributed by atoms with van der Waals surface area (Å²) in [6.07, 6.45) is 1.36. The summed E-state index contributed by atoms with van der Waals surface area (Å²) in [6.45, 7) is 0. The molecule has 1 rings (SSSR count). The maximum absolute atomic E-state index is 12.8. The topological polar surface area (TPSA) is 46.5 Å². The minimum atomic E-state index is -0.561. The lowest BCUT2D eigenvalue weighted by molar-refractivity contribution is -0.107. The molecule has 0 aliphatic heterocycles. The van der Waals surface area contributed by atoms with Gasteiger partial charge in [-0.05, 0) is 6.42 Å². The normalized spacial score (nSPS) is 9.86. The molecular weight excluding hydrogens is 187 g/mol. The molecule has 14 heavy (non-hydrogen) atoms. The molecule has 0 radical (unpaired) electrons. The van der Waals surface area contributed by atoms with Crippen LogP contribution in [0.2, 0.25) is 0 Å². The number of rotatable bonds is 4. The molecule has 1 aromatic carbocycles. The summed E-state index contributed by atoms with van der Waals surface area (Å²) < 4.78 is 17.7. The zero-order chi connectivity index (χ0) is 10.6. The number of phenols is 1. The van der Waals surface area contributed by atoms with Crippen molar-refractivity contribution in [1.29, 1.82) is 0 Å². The van der Waals surface area contributed by atoms with E-state index < -0.39 is 5.82 Å². The van der Waals surface area contributed by atoms with E-state index >= 15 is 0 Å². The van der Waals surface area contributed by atoms with Gasteiger partial charge < -0.3 is 14.6 Å². The van der Waals surface area contributed by atoms with Crippen LogP contribution in [-0.2, 0) is 11.2 Å². The number of methoxy groups -OCH3 is 1. The van der Waals surface area contributed by atoms with Gasteiger partial charge in [-0.1, -0.05) is 0 Å². The molecule has 0 spiro atoms. The number of carbonyl (C=O) groups excluding carboxylic acids is 1. The van der Waals surface area contributed by atoms with Gasteiger partial charge in [-0.15, -0.1) is 0 Å². The molecule has 4 heteroatoms. The Kier molecular flexibility index (Phi) is 3.45. The van der Waals surface area contributed by atoms with Crippen molar-refractivity contribution >= 4 is 6.29 Å². The Labute approximate surface area is 81.1 Å². The van der Waals surface area contributed by atoms with Crippen LogP contribution in [0.15, 0.2) is 12.1 Å². The van der Waals surface area contributed by atoms with Gasteiger partial charge in [-0.3, -0.25) is 0 Å². The van der Waals surface area contributed by atoms with E-state index in [0.717, 1.165) is 12.4 Å². The molecular formula is C10H11FO3. The Morgan fingerprint density at radius 3 is 2.86 bits per heavy atom. The highest BCUT2D eigenvalue weighted by Gasteiger charge is 2.10. The largest absolute Gasteiger partial charge is 0.507 e. The summed E-state index contributed by atoms with van der Waals surface area (Å²) in [5, 5.41) is 9.39. The summed E-state index contributed by atoms with van der Waals surface area (Å²) in [5.41, 5.74) is 0.459. The van der Waals surface area contributed by atoms with Gasteiger partial charge in [0, 0.05) is 24.1 Å². The van der Waals surface area contributed by atoms with Crippen molar-refractivity contribution in [2.24, 2.45) is 0 Å². The van der Waals surface area contributed by atoms with Crippen molar-refractivity contribution in [2.45, 2.75) is 12.8 Å². The van der Waals surface area contributed by atoms with Crippen molar-refractivity contribution in [3.05, 3.63) is 23.5 Å². The zero-order valence-corrected chi connectivity index (χ0v) is 7.79. The number of aromatic hydroxyl groups is 1. The van der Waals surface area contributed by atoms with Gasteiger partial charge in [0.25, 0.3) is 0 Å². The SMILES string of the molecule is COc1cc(F)cc(O)c1CCC=O. The third-order valence-electron chi connectivity index (χ3n) is 1.88. The highest BCUT2D eigenvalue weighted by molar-refractivity contribution is 5.53. The molecule has 3 nitrogen and oxygen atoms in total. The van der Waals surface area contributed by atoms with Crippen molar-refractivity contribution in [1.82, 2.24) is 0 Å². The van der Waals surface area contributed by atoms with Crippen LogP contribution in [0.1, 0.15) is 12.0 Å². The molecule has 1 N–H and O–H groups in total. The number of aldehydes is 1. The van der Waals surface area contributed by atoms with E-state index in [4.69, 9.17) is 4.74 Å². The number of hydrogen-bond acceptors (Lipinski definition) is 3. The van der Waals surface area contributed by atoms with E-state index in [9.17, 15) is 14.3 Å². The van der Waals surface area contributed by atoms with E-state index in [0.29, 0.717) is 12.0 Å². The van der Waals surface area contributed by atoms with E-state index in [2.05, 4.69) is 0 Å². The van der Waals surface area contributed by atoms with E-state index in [1.807, 2.05) is 0 Å². The first-order valence-corrected chi connectivity index (χ1v) is 4.18. The van der Waals surface area contributed by atoms with E-state index in [1.54, 1.807) is 0 Å². The molecule has 1 aromatic rings. The van der Waals surface area contributed by atoms with Gasteiger partial charge in [-0.25, -0.2) is 4.39 Å². The highest BCUT2D eigenvalue weighted by atomic mass is 19.1. The first-order chi connectivity index (χ1) is 6.69. The van der Waals surface area contributed by atoms with Crippen LogP contribution in [-0.4, -0.2) is 18.5 Å². The van der Waals surface area contributed by atoms with Crippen molar-refractivity contribution in [3.63, 3.8) is 0 Å². The number of ether oxygens (including phenoxy) is 1. The third-order valence-corrected chi connectivity index (χ3v) is 1.88. The summed E-state index contributed by atoms with van der Waals surface area (Å²) in [5.74, 6) is -0.470. The molecule has 0 amide bonds. The summed E-state index contributed by atoms with van der Waals surface area (Å²) in [4.78, 5) is 10.2. The summed E-state index contributed by atoms with van der Waals surface area (Å²) >= 11 is 0. The molecule has 0 atom stereocenters. The van der Waals surface area contributed by atoms with Gasteiger partial charge in [-0.2, -0.15) is 0 Å². The molecule has 0 unspecified atom stereocenters. The average molecular weight is 198 g/mol. The van der Waals surface area contributed by atoms with Crippen molar-refractivity contribution in [2.75, 3.05) is 7.11 Å². The lowest BCUT2D eigenvalue weighted by Crippen LogP contribution is -1.95. The van der Waals surface area contributed by atoms with Gasteiger partial charge in [0.2, 0.25) is 0 Å². The van der Waals surface area contributed by atoms with Gasteiger partial charge in [0.1, 0.15) is 23.6 Å². The molecule has 0 heterocycles. The van der Waals surface area contributed by atoms with Crippen LogP contribution in [0, 0.1) is 5.82 Å². The lowest BCUT2D eigenvalue weighted by Gasteiger charge is -2.09. The predicted molar refractivity (Wildman–Crippen MR) is 49.0 cm³/mol. The smallest absolute Gasteiger partial charge is 0.130 e. The minimum Gasteiger partial charge on any atom is -0.507 e. The number of carbonyl (C=O) groups is 1. The maximum atomic E-state index is 12.8. The fraction of sp³-hybridized carbons (Fsp3) is 0.300. The predicted octanol–water partition coefficient (Wildman–Crippen LogP) is 1.67. The zero-order valence-electron chi connectivity index (χ0n) is 7.79. The third kappa shape index (κ3) is 2.22. The van der Waals surface area contributed by atoms with Crippen LogP contribution in [0.25, 0.3) is 0 Å². The summed E-state index contributed by atoms with van der Waals surface area (Å²) in [7, 11) is 1.39. The first kappa shape index (κ1) is 10.5. The van der Waals surface area contributed by atoms with Crippen LogP contribution in [0.3, 0.4) is 0 Å². The van der Waals surface area contributed by atoms with Gasteiger partial charge in [0.15, 0.2) is 0 Å². The lowest BCUT2D eigenvalue weighted by atomic mass is 10.1. The quantitative estimate of drug-likeness (QED) is 0.748. The standard InChI is InChI=1S/C10H11FO3/c1-14-10-6-7(11)5-9(13)8(10)3-2-4-12/h4-6,13H,2-3H2,1H3. The average Bonchev–Trinajstić information content (AvgIpc) is 2.15. The number of halogens is 1. The molecule has 0 aliphatic carbocycles. The van der Waals surface area contributed by atoms with Gasteiger partial charge >= 0.3 is 0 Å². The highest BCUT2D eigenvalue weighted by Crippen LogP contribution is 2.29. The van der Waals surface area contributed by atoms with Crippen LogP contribution in [0.5, 0.6) is 11.5 Å². The molecule has 0 fully saturated rings. The molecule has 0 bridgehead atoms. The Morgan fingerprint density at radius 2 is 2.29 bits per heavy atom. The maximum Gasteiger partial charge on any atom is 0.130 e. The van der Waals surface area contributed by atoms with Crippen LogP contribution < -0.4 is 4.74 Å². The number of phenolic OH excluding ortho intramolecular Hbond substituents is 1. The van der Waals surface area contributed by atoms with E-state index in [1.165, 1.54) is 13.2 Å². The molecule has 0 saturated heterocycles. The van der Waals surface area contributed by atoms with Gasteiger partial charge in [0.05, 0.1) is 7.11 Å². The second kappa shape index (κ2) is 4.60. The Balaban J connectivity index is 3.04. The second-order valence-electron chi connectivity index (χ2n) is 2.81. The van der Waals surface area contributed by atoms with Crippen LogP contribution >= 0.6 is 0 Å². The monoisotopic (exact) mass is 198 g/mol. The van der Waals surface area contributed by atoms with Crippen LogP contribution in [0.4, 0.5) is 4.39 Å².